The zero-order valence-electron chi connectivity index (χ0n) is 12.8. The van der Waals surface area contributed by atoms with Crippen molar-refractivity contribution in [3.63, 3.8) is 0 Å². The van der Waals surface area contributed by atoms with Crippen LogP contribution in [-0.2, 0) is 19.1 Å². The molecule has 0 atom stereocenters. The average molecular weight is 313 g/mol. The summed E-state index contributed by atoms with van der Waals surface area (Å²) in [5.41, 5.74) is 9.91. The van der Waals surface area contributed by atoms with Crippen LogP contribution in [0.4, 0.5) is 0 Å². The SMILES string of the molecule is COC(=O)/C(=C/c1ccccc1C#CCOC(C)=O)CN=[N+]=[N-]. The summed E-state index contributed by atoms with van der Waals surface area (Å²) in [5.74, 6) is 4.58. The molecule has 0 saturated heterocycles. The van der Waals surface area contributed by atoms with Crippen LogP contribution in [-0.4, -0.2) is 32.2 Å². The topological polar surface area (TPSA) is 101 Å². The van der Waals surface area contributed by atoms with Crippen LogP contribution in [0.25, 0.3) is 16.5 Å². The number of carbonyl (C=O) groups is 2. The van der Waals surface area contributed by atoms with Crippen molar-refractivity contribution < 1.29 is 19.1 Å². The lowest BCUT2D eigenvalue weighted by atomic mass is 10.0. The first-order valence-corrected chi connectivity index (χ1v) is 6.59. The Morgan fingerprint density at radius 1 is 1.39 bits per heavy atom. The highest BCUT2D eigenvalue weighted by Gasteiger charge is 2.09. The third kappa shape index (κ3) is 6.38. The van der Waals surface area contributed by atoms with E-state index in [0.29, 0.717) is 11.1 Å². The lowest BCUT2D eigenvalue weighted by Crippen LogP contribution is -2.07. The molecule has 0 heterocycles. The number of methoxy groups -OCH3 is 1. The maximum absolute atomic E-state index is 11.7. The van der Waals surface area contributed by atoms with E-state index in [-0.39, 0.29) is 18.7 Å². The number of carbonyl (C=O) groups excluding carboxylic acids is 2. The van der Waals surface area contributed by atoms with Crippen LogP contribution < -0.4 is 0 Å². The first-order chi connectivity index (χ1) is 11.1. The Morgan fingerprint density at radius 2 is 2.13 bits per heavy atom. The maximum atomic E-state index is 11.7. The third-order valence-electron chi connectivity index (χ3n) is 2.61. The molecule has 0 radical (unpaired) electrons. The molecule has 0 aliphatic carbocycles. The minimum Gasteiger partial charge on any atom is -0.466 e. The van der Waals surface area contributed by atoms with Crippen LogP contribution in [0.1, 0.15) is 18.1 Å². The molecule has 0 N–H and O–H groups in total. The second-order valence-corrected chi connectivity index (χ2v) is 4.22. The third-order valence-corrected chi connectivity index (χ3v) is 2.61. The Labute approximate surface area is 133 Å². The van der Waals surface area contributed by atoms with Crippen LogP contribution >= 0.6 is 0 Å². The van der Waals surface area contributed by atoms with E-state index >= 15 is 0 Å². The Bertz CT molecular complexity index is 722. The van der Waals surface area contributed by atoms with Gasteiger partial charge in [0.25, 0.3) is 0 Å². The summed E-state index contributed by atoms with van der Waals surface area (Å²) >= 11 is 0. The monoisotopic (exact) mass is 313 g/mol. The van der Waals surface area contributed by atoms with E-state index in [1.807, 2.05) is 0 Å². The summed E-state index contributed by atoms with van der Waals surface area (Å²) in [6.07, 6.45) is 1.55. The van der Waals surface area contributed by atoms with E-state index in [1.54, 1.807) is 30.3 Å². The Hall–Kier alpha value is -3.23. The average Bonchev–Trinajstić information content (AvgIpc) is 2.55. The summed E-state index contributed by atoms with van der Waals surface area (Å²) in [6.45, 7) is 1.16. The second kappa shape index (κ2) is 9.66. The summed E-state index contributed by atoms with van der Waals surface area (Å²) in [6, 6.07) is 7.09. The number of azide groups is 1. The number of rotatable bonds is 5. The van der Waals surface area contributed by atoms with Gasteiger partial charge >= 0.3 is 11.9 Å². The van der Waals surface area contributed by atoms with Gasteiger partial charge in [-0.05, 0) is 23.2 Å². The normalized spacial score (nSPS) is 9.91. The predicted molar refractivity (Wildman–Crippen MR) is 84.0 cm³/mol. The predicted octanol–water partition coefficient (Wildman–Crippen LogP) is 2.47. The van der Waals surface area contributed by atoms with Gasteiger partial charge in [0.1, 0.15) is 0 Å². The highest BCUT2D eigenvalue weighted by atomic mass is 16.5. The number of esters is 2. The molecule has 7 heteroatoms. The zero-order chi connectivity index (χ0) is 17.1. The number of hydrogen-bond donors (Lipinski definition) is 0. The molecule has 118 valence electrons. The molecular formula is C16H15N3O4. The van der Waals surface area contributed by atoms with Gasteiger partial charge in [0.15, 0.2) is 6.61 Å². The molecule has 0 fully saturated rings. The van der Waals surface area contributed by atoms with Crippen molar-refractivity contribution in [1.82, 2.24) is 0 Å². The molecule has 0 amide bonds. The molecule has 0 bridgehead atoms. The van der Waals surface area contributed by atoms with Crippen LogP contribution in [0.2, 0.25) is 0 Å². The van der Waals surface area contributed by atoms with Crippen molar-refractivity contribution in [3.05, 3.63) is 51.4 Å². The van der Waals surface area contributed by atoms with Crippen molar-refractivity contribution in [2.24, 2.45) is 5.11 Å². The van der Waals surface area contributed by atoms with Gasteiger partial charge in [-0.2, -0.15) is 0 Å². The van der Waals surface area contributed by atoms with Gasteiger partial charge < -0.3 is 9.47 Å². The number of nitrogens with zero attached hydrogens (tertiary/aromatic N) is 3. The maximum Gasteiger partial charge on any atom is 0.333 e. The van der Waals surface area contributed by atoms with Crippen molar-refractivity contribution in [2.45, 2.75) is 6.92 Å². The molecule has 0 aliphatic rings. The van der Waals surface area contributed by atoms with Crippen molar-refractivity contribution in [3.8, 4) is 11.8 Å². The fourth-order valence-electron chi connectivity index (χ4n) is 1.60. The van der Waals surface area contributed by atoms with Gasteiger partial charge in [0.05, 0.1) is 13.7 Å². The number of hydrogen-bond acceptors (Lipinski definition) is 5. The first-order valence-electron chi connectivity index (χ1n) is 6.59. The van der Waals surface area contributed by atoms with Gasteiger partial charge in [-0.25, -0.2) is 4.79 Å². The molecule has 0 saturated carbocycles. The van der Waals surface area contributed by atoms with Gasteiger partial charge in [-0.15, -0.1) is 0 Å². The van der Waals surface area contributed by atoms with Crippen LogP contribution in [0.3, 0.4) is 0 Å². The van der Waals surface area contributed by atoms with E-state index in [1.165, 1.54) is 14.0 Å². The van der Waals surface area contributed by atoms with E-state index in [9.17, 15) is 9.59 Å². The standard InChI is InChI=1S/C16H15N3O4/c1-12(20)23-9-5-8-13-6-3-4-7-14(13)10-15(11-18-19-17)16(21)22-2/h3-4,6-7,10H,9,11H2,1-2H3/b15-10+. The van der Waals surface area contributed by atoms with Crippen LogP contribution in [0, 0.1) is 11.8 Å². The minimum absolute atomic E-state index is 0.0179. The van der Waals surface area contributed by atoms with Gasteiger partial charge in [-0.3, -0.25) is 4.79 Å². The van der Waals surface area contributed by atoms with Gasteiger partial charge in [0.2, 0.25) is 0 Å². The van der Waals surface area contributed by atoms with Gasteiger partial charge in [-0.1, -0.05) is 35.2 Å². The van der Waals surface area contributed by atoms with Crippen LogP contribution in [0.5, 0.6) is 0 Å². The Balaban J connectivity index is 3.10. The fraction of sp³-hybridized carbons (Fsp3) is 0.250. The molecule has 0 aromatic heterocycles. The molecule has 1 rings (SSSR count). The van der Waals surface area contributed by atoms with Gasteiger partial charge in [0, 0.05) is 23.0 Å². The van der Waals surface area contributed by atoms with E-state index in [4.69, 9.17) is 10.3 Å². The van der Waals surface area contributed by atoms with Crippen molar-refractivity contribution in [2.75, 3.05) is 20.3 Å². The molecule has 0 spiro atoms. The highest BCUT2D eigenvalue weighted by molar-refractivity contribution is 5.94. The zero-order valence-corrected chi connectivity index (χ0v) is 12.8. The Morgan fingerprint density at radius 3 is 2.78 bits per heavy atom. The molecule has 1 aromatic rings. The van der Waals surface area contributed by atoms with E-state index < -0.39 is 11.9 Å². The summed E-state index contributed by atoms with van der Waals surface area (Å²) in [4.78, 5) is 25.0. The molecule has 0 aliphatic heterocycles. The van der Waals surface area contributed by atoms with Crippen molar-refractivity contribution >= 4 is 18.0 Å². The molecule has 23 heavy (non-hydrogen) atoms. The smallest absolute Gasteiger partial charge is 0.333 e. The van der Waals surface area contributed by atoms with E-state index in [2.05, 4.69) is 26.6 Å². The molecular weight excluding hydrogens is 298 g/mol. The molecule has 7 nitrogen and oxygen atoms in total. The largest absolute Gasteiger partial charge is 0.466 e. The summed E-state index contributed by atoms with van der Waals surface area (Å²) < 4.78 is 9.40. The van der Waals surface area contributed by atoms with Crippen LogP contribution in [0.15, 0.2) is 35.0 Å². The molecule has 1 aromatic carbocycles. The first kappa shape index (κ1) is 17.8. The fourth-order valence-corrected chi connectivity index (χ4v) is 1.60. The summed E-state index contributed by atoms with van der Waals surface area (Å²) in [7, 11) is 1.25. The lowest BCUT2D eigenvalue weighted by molar-refractivity contribution is -0.139. The number of ether oxygens (including phenoxy) is 2. The Kier molecular flexibility index (Phi) is 7.48. The quantitative estimate of drug-likeness (QED) is 0.208. The highest BCUT2D eigenvalue weighted by Crippen LogP contribution is 2.13. The second-order valence-electron chi connectivity index (χ2n) is 4.22. The van der Waals surface area contributed by atoms with Crippen molar-refractivity contribution in [1.29, 1.82) is 0 Å². The number of benzene rings is 1. The van der Waals surface area contributed by atoms with E-state index in [0.717, 1.165) is 0 Å². The molecule has 0 unspecified atom stereocenters. The minimum atomic E-state index is -0.583. The lowest BCUT2D eigenvalue weighted by Gasteiger charge is -2.04. The summed E-state index contributed by atoms with van der Waals surface area (Å²) in [5, 5.41) is 3.38.